The van der Waals surface area contributed by atoms with Crippen molar-refractivity contribution < 1.29 is 27.2 Å². The zero-order valence-electron chi connectivity index (χ0n) is 11.2. The van der Waals surface area contributed by atoms with Crippen LogP contribution in [0.2, 0.25) is 0 Å². The molecule has 1 aromatic carbocycles. The molecule has 0 bridgehead atoms. The summed E-state index contributed by atoms with van der Waals surface area (Å²) in [5.41, 5.74) is -0.724. The van der Waals surface area contributed by atoms with Gasteiger partial charge in [0, 0.05) is 25.7 Å². The van der Waals surface area contributed by atoms with Gasteiger partial charge in [-0.2, -0.15) is 0 Å². The molecule has 0 aliphatic rings. The number of benzene rings is 1. The van der Waals surface area contributed by atoms with Gasteiger partial charge in [-0.25, -0.2) is 17.9 Å². The van der Waals surface area contributed by atoms with Gasteiger partial charge in [0.1, 0.15) is 4.90 Å². The number of hydrogen-bond acceptors (Lipinski definition) is 6. The lowest BCUT2D eigenvalue weighted by Gasteiger charge is -2.11. The van der Waals surface area contributed by atoms with E-state index < -0.39 is 37.1 Å². The van der Waals surface area contributed by atoms with Crippen LogP contribution in [0.1, 0.15) is 13.3 Å². The number of nitrogens with zero attached hydrogens (tertiary/aromatic N) is 1. The third kappa shape index (κ3) is 4.92. The van der Waals surface area contributed by atoms with Gasteiger partial charge in [-0.3, -0.25) is 10.1 Å². The van der Waals surface area contributed by atoms with Gasteiger partial charge >= 0.3 is 0 Å². The van der Waals surface area contributed by atoms with Crippen LogP contribution < -0.4 is 9.88 Å². The van der Waals surface area contributed by atoms with Crippen LogP contribution in [-0.2, 0) is 14.8 Å². The number of halogens is 1. The minimum absolute atomic E-state index is 0.0166. The Hall–Kier alpha value is -1.78. The first-order chi connectivity index (χ1) is 9.77. The number of hydrogen-bond donors (Lipinski definition) is 1. The predicted molar refractivity (Wildman–Crippen MR) is 71.0 cm³/mol. The fraction of sp³-hybridized carbons (Fsp3) is 0.455. The monoisotopic (exact) mass is 322 g/mol. The van der Waals surface area contributed by atoms with Crippen LogP contribution in [-0.4, -0.2) is 33.2 Å². The molecule has 0 heterocycles. The van der Waals surface area contributed by atoms with Gasteiger partial charge in [-0.15, -0.1) is 0 Å². The Bertz CT molecular complexity index is 619. The summed E-state index contributed by atoms with van der Waals surface area (Å²) >= 11 is 0. The van der Waals surface area contributed by atoms with E-state index in [2.05, 4.69) is 0 Å². The van der Waals surface area contributed by atoms with Crippen LogP contribution >= 0.6 is 0 Å². The summed E-state index contributed by atoms with van der Waals surface area (Å²) in [7, 11) is -4.36. The maximum atomic E-state index is 13.8. The first-order valence-electron chi connectivity index (χ1n) is 5.98. The molecule has 21 heavy (non-hydrogen) atoms. The lowest BCUT2D eigenvalue weighted by molar-refractivity contribution is -0.385. The summed E-state index contributed by atoms with van der Waals surface area (Å²) in [5.74, 6) is -1.79. The largest absolute Gasteiger partial charge is 0.489 e. The normalized spacial score (nSPS) is 11.4. The molecule has 0 saturated heterocycles. The molecule has 1 aromatic rings. The highest BCUT2D eigenvalue weighted by atomic mass is 32.2. The second-order valence-electron chi connectivity index (χ2n) is 3.96. The van der Waals surface area contributed by atoms with Crippen molar-refractivity contribution >= 4 is 15.7 Å². The SMILES string of the molecule is CCOCCCOc1c(F)cc([N+](=O)[O-])cc1S(N)(=O)=O. The number of sulfonamides is 1. The van der Waals surface area contributed by atoms with E-state index in [9.17, 15) is 22.9 Å². The van der Waals surface area contributed by atoms with Crippen molar-refractivity contribution in [1.82, 2.24) is 0 Å². The molecule has 0 unspecified atom stereocenters. The molecule has 8 nitrogen and oxygen atoms in total. The third-order valence-electron chi connectivity index (χ3n) is 2.40. The Morgan fingerprint density at radius 2 is 2.05 bits per heavy atom. The van der Waals surface area contributed by atoms with Gasteiger partial charge in [0.05, 0.1) is 17.6 Å². The number of non-ortho nitro benzene ring substituents is 1. The maximum absolute atomic E-state index is 13.8. The van der Waals surface area contributed by atoms with Crippen LogP contribution in [0, 0.1) is 15.9 Å². The summed E-state index contributed by atoms with van der Waals surface area (Å²) in [5, 5.41) is 15.5. The van der Waals surface area contributed by atoms with Crippen LogP contribution in [0.4, 0.5) is 10.1 Å². The van der Waals surface area contributed by atoms with Crippen LogP contribution in [0.5, 0.6) is 5.75 Å². The molecule has 2 N–H and O–H groups in total. The molecule has 10 heteroatoms. The summed E-state index contributed by atoms with van der Waals surface area (Å²) in [6, 6.07) is 1.24. The second kappa shape index (κ2) is 7.29. The van der Waals surface area contributed by atoms with Crippen LogP contribution in [0.3, 0.4) is 0 Å². The summed E-state index contributed by atoms with van der Waals surface area (Å²) in [6.45, 7) is 2.65. The zero-order chi connectivity index (χ0) is 16.0. The van der Waals surface area contributed by atoms with Gasteiger partial charge in [-0.05, 0) is 6.92 Å². The molecule has 0 radical (unpaired) electrons. The molecular weight excluding hydrogens is 307 g/mol. The number of nitrogens with two attached hydrogens (primary N) is 1. The van der Waals surface area contributed by atoms with E-state index in [1.54, 1.807) is 6.92 Å². The highest BCUT2D eigenvalue weighted by Gasteiger charge is 2.24. The zero-order valence-corrected chi connectivity index (χ0v) is 12.1. The standard InChI is InChI=1S/C11H15FN2O6S/c1-2-19-4-3-5-20-11-9(12)6-8(14(15)16)7-10(11)21(13,17)18/h6-7H,2-5H2,1H3,(H2,13,17,18). The van der Waals surface area contributed by atoms with E-state index in [1.807, 2.05) is 0 Å². The van der Waals surface area contributed by atoms with Crippen molar-refractivity contribution in [1.29, 1.82) is 0 Å². The van der Waals surface area contributed by atoms with E-state index in [1.165, 1.54) is 0 Å². The van der Waals surface area contributed by atoms with Gasteiger partial charge in [-0.1, -0.05) is 0 Å². The second-order valence-corrected chi connectivity index (χ2v) is 5.49. The first kappa shape index (κ1) is 17.3. The van der Waals surface area contributed by atoms with Crippen molar-refractivity contribution in [3.05, 3.63) is 28.1 Å². The highest BCUT2D eigenvalue weighted by molar-refractivity contribution is 7.89. The van der Waals surface area contributed by atoms with Crippen molar-refractivity contribution in [3.63, 3.8) is 0 Å². The molecule has 0 spiro atoms. The van der Waals surface area contributed by atoms with E-state index in [0.717, 1.165) is 0 Å². The van der Waals surface area contributed by atoms with E-state index in [4.69, 9.17) is 14.6 Å². The van der Waals surface area contributed by atoms with Gasteiger partial charge in [0.15, 0.2) is 11.6 Å². The molecule has 0 aliphatic heterocycles. The Kier molecular flexibility index (Phi) is 6.00. The molecule has 0 fully saturated rings. The number of rotatable bonds is 8. The molecule has 0 saturated carbocycles. The average molecular weight is 322 g/mol. The van der Waals surface area contributed by atoms with Crippen molar-refractivity contribution in [3.8, 4) is 5.75 Å². The minimum Gasteiger partial charge on any atom is -0.489 e. The number of primary sulfonamides is 1. The molecule has 0 aliphatic carbocycles. The molecule has 0 atom stereocenters. The Labute approximate surface area is 120 Å². The Morgan fingerprint density at radius 1 is 1.38 bits per heavy atom. The van der Waals surface area contributed by atoms with Crippen molar-refractivity contribution in [2.24, 2.45) is 5.14 Å². The average Bonchev–Trinajstić information content (AvgIpc) is 2.38. The number of nitro groups is 1. The van der Waals surface area contributed by atoms with Gasteiger partial charge in [0.25, 0.3) is 5.69 Å². The third-order valence-corrected chi connectivity index (χ3v) is 3.31. The van der Waals surface area contributed by atoms with Crippen molar-refractivity contribution in [2.45, 2.75) is 18.2 Å². The topological polar surface area (TPSA) is 122 Å². The molecular formula is C11H15FN2O6S. The fourth-order valence-corrected chi connectivity index (χ4v) is 2.19. The van der Waals surface area contributed by atoms with E-state index in [-0.39, 0.29) is 6.61 Å². The lowest BCUT2D eigenvalue weighted by atomic mass is 10.3. The lowest BCUT2D eigenvalue weighted by Crippen LogP contribution is -2.16. The van der Waals surface area contributed by atoms with Crippen molar-refractivity contribution in [2.75, 3.05) is 19.8 Å². The van der Waals surface area contributed by atoms with Crippen LogP contribution in [0.15, 0.2) is 17.0 Å². The summed E-state index contributed by atoms with van der Waals surface area (Å²) < 4.78 is 46.7. The molecule has 0 amide bonds. The first-order valence-corrected chi connectivity index (χ1v) is 7.53. The van der Waals surface area contributed by atoms with Gasteiger partial charge in [0.2, 0.25) is 10.0 Å². The highest BCUT2D eigenvalue weighted by Crippen LogP contribution is 2.31. The summed E-state index contributed by atoms with van der Waals surface area (Å²) in [6.07, 6.45) is 0.397. The van der Waals surface area contributed by atoms with E-state index in [0.29, 0.717) is 31.8 Å². The van der Waals surface area contributed by atoms with Crippen LogP contribution in [0.25, 0.3) is 0 Å². The predicted octanol–water partition coefficient (Wildman–Crippen LogP) is 1.19. The fourth-order valence-electron chi connectivity index (χ4n) is 1.49. The Balaban J connectivity index is 3.04. The molecule has 1 rings (SSSR count). The minimum atomic E-state index is -4.36. The Morgan fingerprint density at radius 3 is 2.57 bits per heavy atom. The molecule has 118 valence electrons. The summed E-state index contributed by atoms with van der Waals surface area (Å²) in [4.78, 5) is 8.94. The number of nitro benzene ring substituents is 1. The van der Waals surface area contributed by atoms with E-state index >= 15 is 0 Å². The quantitative estimate of drug-likeness (QED) is 0.436. The number of ether oxygens (including phenoxy) is 2. The maximum Gasteiger partial charge on any atom is 0.274 e. The van der Waals surface area contributed by atoms with Gasteiger partial charge < -0.3 is 9.47 Å². The molecule has 0 aromatic heterocycles. The smallest absolute Gasteiger partial charge is 0.274 e.